The van der Waals surface area contributed by atoms with Gasteiger partial charge in [-0.3, -0.25) is 0 Å². The summed E-state index contributed by atoms with van der Waals surface area (Å²) < 4.78 is 41.3. The van der Waals surface area contributed by atoms with E-state index in [0.29, 0.717) is 75.7 Å². The minimum atomic E-state index is -0.464. The summed E-state index contributed by atoms with van der Waals surface area (Å²) in [5.41, 5.74) is 0.518. The first-order valence-electron chi connectivity index (χ1n) is 16.0. The standard InChI is InChI=1S/C31H50FN7O5/c1-40-15-16-43-19-20-44-18-17-42-14-12-27(26-9-6-13-33-26)36-31-38-29(34-22-23-7-4-3-5-8-23)37-30(39-31)35-24-10-11-28(41-2)25(32)21-24/h10-11,21,23,26-27,33H,3-9,12-20,22H2,1-2H3,(H3,34,35,36,37,38,39). The van der Waals surface area contributed by atoms with Gasteiger partial charge in [-0.1, -0.05) is 19.3 Å². The lowest BCUT2D eigenvalue weighted by Gasteiger charge is -2.26. The zero-order valence-corrected chi connectivity index (χ0v) is 26.2. The van der Waals surface area contributed by atoms with Crippen molar-refractivity contribution in [2.75, 3.05) is 89.5 Å². The number of anilines is 4. The number of hydrogen-bond donors (Lipinski definition) is 4. The highest BCUT2D eigenvalue weighted by Crippen LogP contribution is 2.26. The molecule has 44 heavy (non-hydrogen) atoms. The summed E-state index contributed by atoms with van der Waals surface area (Å²) in [4.78, 5) is 14.0. The molecule has 0 bridgehead atoms. The average molecular weight is 620 g/mol. The van der Waals surface area contributed by atoms with Crippen molar-refractivity contribution in [1.29, 1.82) is 0 Å². The lowest BCUT2D eigenvalue weighted by Crippen LogP contribution is -2.41. The molecule has 0 spiro atoms. The van der Waals surface area contributed by atoms with Crippen LogP contribution in [0, 0.1) is 11.7 Å². The van der Waals surface area contributed by atoms with E-state index in [2.05, 4.69) is 31.2 Å². The van der Waals surface area contributed by atoms with Crippen LogP contribution in [-0.4, -0.2) is 101 Å². The van der Waals surface area contributed by atoms with E-state index >= 15 is 0 Å². The van der Waals surface area contributed by atoms with Crippen molar-refractivity contribution in [2.24, 2.45) is 5.92 Å². The first-order valence-corrected chi connectivity index (χ1v) is 16.0. The Morgan fingerprint density at radius 2 is 1.55 bits per heavy atom. The Kier molecular flexibility index (Phi) is 15.1. The Balaban J connectivity index is 1.36. The molecule has 4 N–H and O–H groups in total. The van der Waals surface area contributed by atoms with Gasteiger partial charge in [0, 0.05) is 44.1 Å². The second kappa shape index (κ2) is 19.5. The third kappa shape index (κ3) is 11.9. The van der Waals surface area contributed by atoms with E-state index in [-0.39, 0.29) is 17.8 Å². The largest absolute Gasteiger partial charge is 0.494 e. The molecule has 2 fully saturated rings. The van der Waals surface area contributed by atoms with E-state index in [0.717, 1.165) is 32.4 Å². The van der Waals surface area contributed by atoms with Crippen LogP contribution < -0.4 is 26.0 Å². The lowest BCUT2D eigenvalue weighted by molar-refractivity contribution is 0.00287. The van der Waals surface area contributed by atoms with Crippen LogP contribution in [0.5, 0.6) is 5.75 Å². The van der Waals surface area contributed by atoms with Gasteiger partial charge in [-0.05, 0) is 56.7 Å². The second-order valence-corrected chi connectivity index (χ2v) is 11.2. The van der Waals surface area contributed by atoms with Gasteiger partial charge in [0.2, 0.25) is 17.8 Å². The Hall–Kier alpha value is -2.84. The maximum absolute atomic E-state index is 14.4. The monoisotopic (exact) mass is 619 g/mol. The lowest BCUT2D eigenvalue weighted by atomic mass is 9.89. The number of aromatic nitrogens is 3. The van der Waals surface area contributed by atoms with Gasteiger partial charge in [-0.15, -0.1) is 0 Å². The van der Waals surface area contributed by atoms with Crippen molar-refractivity contribution < 1.29 is 28.1 Å². The maximum Gasteiger partial charge on any atom is 0.233 e. The number of hydrogen-bond acceptors (Lipinski definition) is 12. The molecule has 1 aromatic carbocycles. The van der Waals surface area contributed by atoms with Crippen LogP contribution in [-0.2, 0) is 18.9 Å². The van der Waals surface area contributed by atoms with E-state index < -0.39 is 5.82 Å². The van der Waals surface area contributed by atoms with Crippen molar-refractivity contribution in [2.45, 2.75) is 63.5 Å². The number of methoxy groups -OCH3 is 2. The molecule has 1 aromatic heterocycles. The smallest absolute Gasteiger partial charge is 0.233 e. The summed E-state index contributed by atoms with van der Waals surface area (Å²) in [7, 11) is 3.09. The third-order valence-electron chi connectivity index (χ3n) is 7.96. The Labute approximate surface area is 260 Å². The summed E-state index contributed by atoms with van der Waals surface area (Å²) in [5.74, 6) is 1.59. The molecule has 12 nitrogen and oxygen atoms in total. The van der Waals surface area contributed by atoms with Crippen molar-refractivity contribution >= 4 is 23.5 Å². The first kappa shape index (κ1) is 34.0. The third-order valence-corrected chi connectivity index (χ3v) is 7.96. The minimum Gasteiger partial charge on any atom is -0.494 e. The number of rotatable bonds is 21. The van der Waals surface area contributed by atoms with Gasteiger partial charge in [-0.25, -0.2) is 4.39 Å². The van der Waals surface area contributed by atoms with Crippen molar-refractivity contribution in [3.63, 3.8) is 0 Å². The summed E-state index contributed by atoms with van der Waals surface area (Å²) in [6.07, 6.45) is 9.19. The summed E-state index contributed by atoms with van der Waals surface area (Å²) in [6.45, 7) is 5.59. The quantitative estimate of drug-likeness (QED) is 0.148. The molecule has 1 saturated heterocycles. The normalized spacial score (nSPS) is 17.8. The zero-order valence-electron chi connectivity index (χ0n) is 26.2. The first-order chi connectivity index (χ1) is 21.6. The van der Waals surface area contributed by atoms with Crippen LogP contribution in [0.15, 0.2) is 18.2 Å². The van der Waals surface area contributed by atoms with Gasteiger partial charge in [0.25, 0.3) is 0 Å². The van der Waals surface area contributed by atoms with Crippen LogP contribution in [0.1, 0.15) is 51.4 Å². The van der Waals surface area contributed by atoms with E-state index in [4.69, 9.17) is 28.7 Å². The van der Waals surface area contributed by atoms with Gasteiger partial charge in [0.1, 0.15) is 0 Å². The topological polar surface area (TPSA) is 133 Å². The molecule has 13 heteroatoms. The molecule has 4 rings (SSSR count). The number of halogens is 1. The van der Waals surface area contributed by atoms with Crippen molar-refractivity contribution in [1.82, 2.24) is 20.3 Å². The fourth-order valence-corrected chi connectivity index (χ4v) is 5.56. The summed E-state index contributed by atoms with van der Waals surface area (Å²) in [5, 5.41) is 13.7. The number of nitrogens with zero attached hydrogens (tertiary/aromatic N) is 3. The Morgan fingerprint density at radius 3 is 2.23 bits per heavy atom. The molecule has 2 unspecified atom stereocenters. The summed E-state index contributed by atoms with van der Waals surface area (Å²) >= 11 is 0. The highest BCUT2D eigenvalue weighted by Gasteiger charge is 2.26. The molecule has 1 aliphatic carbocycles. The minimum absolute atomic E-state index is 0.0486. The highest BCUT2D eigenvalue weighted by atomic mass is 19.1. The number of nitrogens with one attached hydrogen (secondary N) is 4. The molecule has 1 aliphatic heterocycles. The fourth-order valence-electron chi connectivity index (χ4n) is 5.56. The van der Waals surface area contributed by atoms with Gasteiger partial charge >= 0.3 is 0 Å². The van der Waals surface area contributed by atoms with E-state index in [1.807, 2.05) is 0 Å². The highest BCUT2D eigenvalue weighted by molar-refractivity contribution is 5.57. The molecule has 0 radical (unpaired) electrons. The van der Waals surface area contributed by atoms with Crippen molar-refractivity contribution in [3.8, 4) is 5.75 Å². The van der Waals surface area contributed by atoms with Crippen molar-refractivity contribution in [3.05, 3.63) is 24.0 Å². The second-order valence-electron chi connectivity index (χ2n) is 11.2. The van der Waals surface area contributed by atoms with E-state index in [1.54, 1.807) is 19.2 Å². The number of benzene rings is 1. The Bertz CT molecular complexity index is 1090. The van der Waals surface area contributed by atoms with Gasteiger partial charge < -0.3 is 45.0 Å². The molecular formula is C31H50FN7O5. The van der Waals surface area contributed by atoms with Crippen LogP contribution in [0.2, 0.25) is 0 Å². The molecule has 0 amide bonds. The SMILES string of the molecule is COCCOCCOCCOCCC(Nc1nc(NCC2CCCCC2)nc(Nc2ccc(OC)c(F)c2)n1)C1CCCN1. The fraction of sp³-hybridized carbons (Fsp3) is 0.710. The van der Waals surface area contributed by atoms with Crippen LogP contribution in [0.4, 0.5) is 27.9 Å². The van der Waals surface area contributed by atoms with E-state index in [1.165, 1.54) is 45.3 Å². The van der Waals surface area contributed by atoms with E-state index in [9.17, 15) is 4.39 Å². The molecule has 2 heterocycles. The van der Waals surface area contributed by atoms with Gasteiger partial charge in [0.15, 0.2) is 11.6 Å². The molecule has 246 valence electrons. The number of ether oxygens (including phenoxy) is 5. The maximum atomic E-state index is 14.4. The summed E-state index contributed by atoms with van der Waals surface area (Å²) in [6, 6.07) is 4.98. The van der Waals surface area contributed by atoms with Gasteiger partial charge in [-0.2, -0.15) is 15.0 Å². The predicted octanol–water partition coefficient (Wildman–Crippen LogP) is 4.37. The van der Waals surface area contributed by atoms with Crippen LogP contribution in [0.25, 0.3) is 0 Å². The molecule has 2 atom stereocenters. The van der Waals surface area contributed by atoms with Crippen LogP contribution in [0.3, 0.4) is 0 Å². The zero-order chi connectivity index (χ0) is 30.8. The predicted molar refractivity (Wildman–Crippen MR) is 169 cm³/mol. The molecule has 2 aromatic rings. The molecular weight excluding hydrogens is 569 g/mol. The van der Waals surface area contributed by atoms with Crippen LogP contribution >= 0.6 is 0 Å². The molecule has 2 aliphatic rings. The van der Waals surface area contributed by atoms with Gasteiger partial charge in [0.05, 0.1) is 46.8 Å². The molecule has 1 saturated carbocycles. The average Bonchev–Trinajstić information content (AvgIpc) is 3.58. The Morgan fingerprint density at radius 1 is 0.841 bits per heavy atom.